The summed E-state index contributed by atoms with van der Waals surface area (Å²) in [7, 11) is 1.81. The van der Waals surface area contributed by atoms with Gasteiger partial charge in [0.2, 0.25) is 5.91 Å². The Morgan fingerprint density at radius 2 is 2.24 bits per heavy atom. The average molecular weight is 365 g/mol. The normalized spacial score (nSPS) is 24.0. The minimum Gasteiger partial charge on any atom is -0.365 e. The molecule has 1 spiro atoms. The molecule has 3 rings (SSSR count). The van der Waals surface area contributed by atoms with Gasteiger partial charge >= 0.3 is 0 Å². The molecular formula is C18H28N4O2S. The Bertz CT molecular complexity index is 632. The van der Waals surface area contributed by atoms with E-state index < -0.39 is 0 Å². The van der Waals surface area contributed by atoms with Gasteiger partial charge in [0.1, 0.15) is 5.69 Å². The molecule has 2 aliphatic heterocycles. The molecule has 1 aromatic rings. The molecule has 2 amide bonds. The first-order valence-electron chi connectivity index (χ1n) is 9.27. The van der Waals surface area contributed by atoms with Crippen LogP contribution in [0.1, 0.15) is 55.9 Å². The van der Waals surface area contributed by atoms with Gasteiger partial charge in [-0.1, -0.05) is 13.3 Å². The number of nitrogens with one attached hydrogen (secondary N) is 1. The largest absolute Gasteiger partial charge is 0.365 e. The molecular weight excluding hydrogens is 336 g/mol. The number of nitrogens with zero attached hydrogens (tertiary/aromatic N) is 3. The Morgan fingerprint density at radius 1 is 1.40 bits per heavy atom. The molecule has 6 nitrogen and oxygen atoms in total. The highest BCUT2D eigenvalue weighted by Gasteiger charge is 2.42. The summed E-state index contributed by atoms with van der Waals surface area (Å²) in [4.78, 5) is 33.4. The van der Waals surface area contributed by atoms with Gasteiger partial charge < -0.3 is 15.1 Å². The maximum Gasteiger partial charge on any atom is 0.273 e. The minimum absolute atomic E-state index is 0.0221. The predicted octanol–water partition coefficient (Wildman–Crippen LogP) is 2.83. The van der Waals surface area contributed by atoms with Gasteiger partial charge in [-0.3, -0.25) is 9.59 Å². The Labute approximate surface area is 153 Å². The molecule has 138 valence electrons. The zero-order chi connectivity index (χ0) is 17.9. The van der Waals surface area contributed by atoms with E-state index in [4.69, 9.17) is 0 Å². The van der Waals surface area contributed by atoms with Crippen LogP contribution in [0, 0.1) is 5.41 Å². The van der Waals surface area contributed by atoms with Crippen molar-refractivity contribution >= 4 is 28.3 Å². The third kappa shape index (κ3) is 3.97. The lowest BCUT2D eigenvalue weighted by Crippen LogP contribution is -2.55. The van der Waals surface area contributed by atoms with Crippen LogP contribution in [0.2, 0.25) is 0 Å². The van der Waals surface area contributed by atoms with Crippen LogP contribution in [0.3, 0.4) is 0 Å². The van der Waals surface area contributed by atoms with Crippen LogP contribution < -0.4 is 5.32 Å². The smallest absolute Gasteiger partial charge is 0.273 e. The van der Waals surface area contributed by atoms with Crippen molar-refractivity contribution in [3.05, 3.63) is 11.1 Å². The van der Waals surface area contributed by atoms with Gasteiger partial charge in [0.05, 0.1) is 0 Å². The first kappa shape index (κ1) is 18.2. The molecule has 25 heavy (non-hydrogen) atoms. The van der Waals surface area contributed by atoms with Gasteiger partial charge in [-0.25, -0.2) is 4.98 Å². The summed E-state index contributed by atoms with van der Waals surface area (Å²) < 4.78 is 0. The molecule has 0 bridgehead atoms. The van der Waals surface area contributed by atoms with Gasteiger partial charge in [0.25, 0.3) is 5.91 Å². The molecule has 1 N–H and O–H groups in total. The van der Waals surface area contributed by atoms with Crippen molar-refractivity contribution in [2.24, 2.45) is 5.41 Å². The predicted molar refractivity (Wildman–Crippen MR) is 100.0 cm³/mol. The van der Waals surface area contributed by atoms with Gasteiger partial charge in [-0.05, 0) is 25.7 Å². The molecule has 1 atom stereocenters. The summed E-state index contributed by atoms with van der Waals surface area (Å²) >= 11 is 1.46. The highest BCUT2D eigenvalue weighted by Crippen LogP contribution is 2.39. The summed E-state index contributed by atoms with van der Waals surface area (Å²) in [5, 5.41) is 5.58. The van der Waals surface area contributed by atoms with Crippen molar-refractivity contribution in [3.8, 4) is 0 Å². The molecule has 2 aliphatic rings. The number of likely N-dealkylation sites (tertiary alicyclic amines) is 2. The quantitative estimate of drug-likeness (QED) is 0.872. The van der Waals surface area contributed by atoms with Crippen LogP contribution in [0.5, 0.6) is 0 Å². The van der Waals surface area contributed by atoms with E-state index in [1.165, 1.54) is 11.3 Å². The highest BCUT2D eigenvalue weighted by atomic mass is 32.1. The lowest BCUT2D eigenvalue weighted by Gasteiger charge is -2.48. The number of rotatable bonds is 5. The molecule has 0 unspecified atom stereocenters. The van der Waals surface area contributed by atoms with E-state index in [0.29, 0.717) is 12.1 Å². The summed E-state index contributed by atoms with van der Waals surface area (Å²) in [5.41, 5.74) is 0.596. The molecule has 0 aliphatic carbocycles. The first-order valence-corrected chi connectivity index (χ1v) is 10.2. The first-order chi connectivity index (χ1) is 12.1. The van der Waals surface area contributed by atoms with Crippen LogP contribution >= 0.6 is 11.3 Å². The second-order valence-electron chi connectivity index (χ2n) is 7.29. The van der Waals surface area contributed by atoms with E-state index in [2.05, 4.69) is 17.2 Å². The lowest BCUT2D eigenvalue weighted by molar-refractivity contribution is -0.139. The van der Waals surface area contributed by atoms with Crippen LogP contribution in [0.4, 0.5) is 5.13 Å². The molecule has 0 aromatic carbocycles. The van der Waals surface area contributed by atoms with E-state index in [9.17, 15) is 9.59 Å². The Balaban J connectivity index is 1.69. The molecule has 2 saturated heterocycles. The Morgan fingerprint density at radius 3 is 2.96 bits per heavy atom. The summed E-state index contributed by atoms with van der Waals surface area (Å²) in [6, 6.07) is 0. The zero-order valence-electron chi connectivity index (χ0n) is 15.2. The summed E-state index contributed by atoms with van der Waals surface area (Å²) in [6.07, 6.45) is 5.77. The number of amides is 2. The number of anilines is 1. The maximum absolute atomic E-state index is 12.8. The van der Waals surface area contributed by atoms with Gasteiger partial charge in [-0.2, -0.15) is 0 Å². The number of hydrogen-bond acceptors (Lipinski definition) is 5. The number of hydrogen-bond donors (Lipinski definition) is 1. The topological polar surface area (TPSA) is 65.5 Å². The fraction of sp³-hybridized carbons (Fsp3) is 0.722. The number of aromatic nitrogens is 1. The fourth-order valence-corrected chi connectivity index (χ4v) is 4.66. The SMILES string of the molecule is CCCCN1C[C@]2(CCCN(C(=O)c3csc(NC)n3)C2)CCC1=O. The number of piperidine rings is 2. The van der Waals surface area contributed by atoms with Crippen LogP contribution in [0.25, 0.3) is 0 Å². The molecule has 0 saturated carbocycles. The van der Waals surface area contributed by atoms with Crippen molar-refractivity contribution < 1.29 is 9.59 Å². The van der Waals surface area contributed by atoms with Crippen molar-refractivity contribution in [1.29, 1.82) is 0 Å². The Hall–Kier alpha value is -1.63. The maximum atomic E-state index is 12.8. The highest BCUT2D eigenvalue weighted by molar-refractivity contribution is 7.13. The average Bonchev–Trinajstić information content (AvgIpc) is 3.11. The van der Waals surface area contributed by atoms with Crippen LogP contribution in [-0.2, 0) is 4.79 Å². The lowest BCUT2D eigenvalue weighted by atomic mass is 9.73. The molecule has 7 heteroatoms. The molecule has 1 aromatic heterocycles. The second-order valence-corrected chi connectivity index (χ2v) is 8.15. The summed E-state index contributed by atoms with van der Waals surface area (Å²) in [6.45, 7) is 5.33. The van der Waals surface area contributed by atoms with E-state index >= 15 is 0 Å². The van der Waals surface area contributed by atoms with Crippen molar-refractivity contribution in [2.45, 2.75) is 45.4 Å². The monoisotopic (exact) mass is 364 g/mol. The van der Waals surface area contributed by atoms with Crippen LogP contribution in [0.15, 0.2) is 5.38 Å². The van der Waals surface area contributed by atoms with E-state index in [1.807, 2.05) is 22.2 Å². The summed E-state index contributed by atoms with van der Waals surface area (Å²) in [5.74, 6) is 0.300. The van der Waals surface area contributed by atoms with Crippen LogP contribution in [-0.4, -0.2) is 59.8 Å². The van der Waals surface area contributed by atoms with Crippen molar-refractivity contribution in [3.63, 3.8) is 0 Å². The fourth-order valence-electron chi connectivity index (χ4n) is 4.02. The zero-order valence-corrected chi connectivity index (χ0v) is 16.0. The number of unbranched alkanes of at least 4 members (excludes halogenated alkanes) is 1. The Kier molecular flexibility index (Phi) is 5.61. The van der Waals surface area contributed by atoms with Crippen molar-refractivity contribution in [1.82, 2.24) is 14.8 Å². The number of carbonyl (C=O) groups excluding carboxylic acids is 2. The third-order valence-corrected chi connectivity index (χ3v) is 6.28. The van der Waals surface area contributed by atoms with Gasteiger partial charge in [-0.15, -0.1) is 11.3 Å². The number of carbonyl (C=O) groups is 2. The molecule has 0 radical (unpaired) electrons. The molecule has 3 heterocycles. The van der Waals surface area contributed by atoms with E-state index in [0.717, 1.165) is 63.4 Å². The minimum atomic E-state index is 0.0221. The van der Waals surface area contributed by atoms with E-state index in [1.54, 1.807) is 0 Å². The standard InChI is InChI=1S/C18H28N4O2S/c1-3-4-9-21-12-18(8-6-15(21)23)7-5-10-22(13-18)16(24)14-11-25-17(19-2)20-14/h11H,3-10,12-13H2,1-2H3,(H,19,20)/t18-/m0/s1. The van der Waals surface area contributed by atoms with E-state index in [-0.39, 0.29) is 17.2 Å². The second kappa shape index (κ2) is 7.72. The van der Waals surface area contributed by atoms with Crippen molar-refractivity contribution in [2.75, 3.05) is 38.5 Å². The molecule has 2 fully saturated rings. The van der Waals surface area contributed by atoms with Gasteiger partial charge in [0.15, 0.2) is 5.13 Å². The van der Waals surface area contributed by atoms with Gasteiger partial charge in [0, 0.05) is 50.4 Å². The third-order valence-electron chi connectivity index (χ3n) is 5.42. The number of thiazole rings is 1.